The maximum atomic E-state index is 13.4. The zero-order valence-corrected chi connectivity index (χ0v) is 16.1. The minimum absolute atomic E-state index is 0.258. The second kappa shape index (κ2) is 6.48. The fraction of sp³-hybridized carbons (Fsp3) is 0.545. The Bertz CT molecular complexity index is 856. The standard InChI is InChI=1S/C22H28N4O/c1-17-5-2-6-20(13-17)26-16-18(14-23-26)15-24-11-3-9-22(24)10-4-12-25(21(22)27)19-7-8-19/h2,5-6,13-14,16,19H,3-4,7-12,15H2,1H3. The van der Waals surface area contributed by atoms with Gasteiger partial charge in [0.05, 0.1) is 11.9 Å². The molecule has 1 saturated carbocycles. The first-order valence-corrected chi connectivity index (χ1v) is 10.3. The fourth-order valence-electron chi connectivity index (χ4n) is 5.02. The van der Waals surface area contributed by atoms with Crippen molar-refractivity contribution in [3.63, 3.8) is 0 Å². The molecule has 5 heteroatoms. The summed E-state index contributed by atoms with van der Waals surface area (Å²) >= 11 is 0. The first-order valence-electron chi connectivity index (χ1n) is 10.3. The lowest BCUT2D eigenvalue weighted by Gasteiger charge is -2.44. The zero-order chi connectivity index (χ0) is 18.4. The monoisotopic (exact) mass is 364 g/mol. The van der Waals surface area contributed by atoms with Gasteiger partial charge in [0.15, 0.2) is 0 Å². The molecule has 1 aromatic heterocycles. The summed E-state index contributed by atoms with van der Waals surface area (Å²) in [5, 5.41) is 4.57. The van der Waals surface area contributed by atoms with Crippen molar-refractivity contribution in [2.24, 2.45) is 0 Å². The van der Waals surface area contributed by atoms with Crippen LogP contribution in [0, 0.1) is 6.92 Å². The third kappa shape index (κ3) is 2.98. The van der Waals surface area contributed by atoms with Crippen molar-refractivity contribution in [2.45, 2.75) is 63.6 Å². The highest BCUT2D eigenvalue weighted by molar-refractivity contribution is 5.88. The molecule has 27 heavy (non-hydrogen) atoms. The van der Waals surface area contributed by atoms with Gasteiger partial charge in [0.1, 0.15) is 5.54 Å². The van der Waals surface area contributed by atoms with Crippen LogP contribution in [0.15, 0.2) is 36.7 Å². The molecule has 1 spiro atoms. The van der Waals surface area contributed by atoms with Gasteiger partial charge in [-0.15, -0.1) is 0 Å². The topological polar surface area (TPSA) is 41.4 Å². The van der Waals surface area contributed by atoms with Gasteiger partial charge in [0, 0.05) is 30.9 Å². The molecule has 5 nitrogen and oxygen atoms in total. The Kier molecular flexibility index (Phi) is 4.08. The van der Waals surface area contributed by atoms with E-state index in [1.807, 2.05) is 10.9 Å². The molecule has 1 atom stereocenters. The Morgan fingerprint density at radius 2 is 2.00 bits per heavy atom. The zero-order valence-electron chi connectivity index (χ0n) is 16.1. The van der Waals surface area contributed by atoms with Crippen molar-refractivity contribution >= 4 is 5.91 Å². The highest BCUT2D eigenvalue weighted by Crippen LogP contribution is 2.42. The second-order valence-electron chi connectivity index (χ2n) is 8.52. The molecular weight excluding hydrogens is 336 g/mol. The molecular formula is C22H28N4O. The Labute approximate surface area is 161 Å². The van der Waals surface area contributed by atoms with Crippen molar-refractivity contribution in [1.29, 1.82) is 0 Å². The average molecular weight is 364 g/mol. The van der Waals surface area contributed by atoms with Crippen LogP contribution in [-0.2, 0) is 11.3 Å². The highest BCUT2D eigenvalue weighted by Gasteiger charge is 2.52. The molecule has 0 N–H and O–H groups in total. The summed E-state index contributed by atoms with van der Waals surface area (Å²) in [6, 6.07) is 8.92. The van der Waals surface area contributed by atoms with E-state index >= 15 is 0 Å². The summed E-state index contributed by atoms with van der Waals surface area (Å²) in [5.41, 5.74) is 3.25. The number of carbonyl (C=O) groups excluding carboxylic acids is 1. The van der Waals surface area contributed by atoms with Gasteiger partial charge in [-0.1, -0.05) is 12.1 Å². The number of aryl methyl sites for hydroxylation is 1. The summed E-state index contributed by atoms with van der Waals surface area (Å²) in [7, 11) is 0. The average Bonchev–Trinajstić information content (AvgIpc) is 3.27. The van der Waals surface area contributed by atoms with E-state index in [0.29, 0.717) is 11.9 Å². The Morgan fingerprint density at radius 1 is 1.19 bits per heavy atom. The van der Waals surface area contributed by atoms with Crippen molar-refractivity contribution < 1.29 is 4.79 Å². The Balaban J connectivity index is 1.36. The largest absolute Gasteiger partial charge is 0.338 e. The summed E-state index contributed by atoms with van der Waals surface area (Å²) in [6.07, 6.45) is 10.8. The summed E-state index contributed by atoms with van der Waals surface area (Å²) in [4.78, 5) is 18.0. The van der Waals surface area contributed by atoms with Crippen LogP contribution >= 0.6 is 0 Å². The molecule has 1 aliphatic carbocycles. The molecule has 1 unspecified atom stereocenters. The maximum Gasteiger partial charge on any atom is 0.243 e. The van der Waals surface area contributed by atoms with Crippen molar-refractivity contribution in [1.82, 2.24) is 19.6 Å². The molecule has 3 aliphatic rings. The van der Waals surface area contributed by atoms with E-state index < -0.39 is 0 Å². The molecule has 0 radical (unpaired) electrons. The Hall–Kier alpha value is -2.14. The minimum atomic E-state index is -0.258. The van der Waals surface area contributed by atoms with Crippen LogP contribution < -0.4 is 0 Å². The lowest BCUT2D eigenvalue weighted by Crippen LogP contribution is -2.60. The number of amides is 1. The highest BCUT2D eigenvalue weighted by atomic mass is 16.2. The van der Waals surface area contributed by atoms with E-state index in [9.17, 15) is 4.79 Å². The molecule has 3 fully saturated rings. The van der Waals surface area contributed by atoms with Crippen LogP contribution in [0.2, 0.25) is 0 Å². The Morgan fingerprint density at radius 3 is 2.78 bits per heavy atom. The number of likely N-dealkylation sites (tertiary alicyclic amines) is 2. The summed E-state index contributed by atoms with van der Waals surface area (Å²) in [5.74, 6) is 0.403. The van der Waals surface area contributed by atoms with Gasteiger partial charge in [0.25, 0.3) is 0 Å². The normalized spacial score (nSPS) is 26.3. The number of hydrogen-bond donors (Lipinski definition) is 0. The van der Waals surface area contributed by atoms with E-state index in [1.165, 1.54) is 24.0 Å². The predicted molar refractivity (Wildman–Crippen MR) is 105 cm³/mol. The van der Waals surface area contributed by atoms with Crippen molar-refractivity contribution in [3.05, 3.63) is 47.8 Å². The summed E-state index contributed by atoms with van der Waals surface area (Å²) in [6.45, 7) is 4.89. The number of piperidine rings is 1. The van der Waals surface area contributed by atoms with Gasteiger partial charge in [0.2, 0.25) is 5.91 Å². The van der Waals surface area contributed by atoms with Gasteiger partial charge < -0.3 is 4.90 Å². The van der Waals surface area contributed by atoms with Crippen molar-refractivity contribution in [3.8, 4) is 5.69 Å². The third-order valence-electron chi connectivity index (χ3n) is 6.54. The van der Waals surface area contributed by atoms with Gasteiger partial charge in [-0.25, -0.2) is 4.68 Å². The number of rotatable bonds is 4. The maximum absolute atomic E-state index is 13.4. The van der Waals surface area contributed by atoms with E-state index in [2.05, 4.69) is 52.3 Å². The van der Waals surface area contributed by atoms with E-state index in [-0.39, 0.29) is 5.54 Å². The number of hydrogen-bond acceptors (Lipinski definition) is 3. The molecule has 142 valence electrons. The van der Waals surface area contributed by atoms with Crippen LogP contribution in [0.25, 0.3) is 5.69 Å². The molecule has 2 aliphatic heterocycles. The minimum Gasteiger partial charge on any atom is -0.338 e. The van der Waals surface area contributed by atoms with Gasteiger partial charge in [-0.05, 0) is 69.7 Å². The van der Waals surface area contributed by atoms with Crippen LogP contribution in [0.5, 0.6) is 0 Å². The van der Waals surface area contributed by atoms with E-state index in [0.717, 1.165) is 51.0 Å². The lowest BCUT2D eigenvalue weighted by molar-refractivity contribution is -0.148. The van der Waals surface area contributed by atoms with Crippen molar-refractivity contribution in [2.75, 3.05) is 13.1 Å². The van der Waals surface area contributed by atoms with Crippen LogP contribution in [-0.4, -0.2) is 50.2 Å². The van der Waals surface area contributed by atoms with E-state index in [1.54, 1.807) is 0 Å². The quantitative estimate of drug-likeness (QED) is 0.836. The SMILES string of the molecule is Cc1cccc(-n2cc(CN3CCCC34CCCN(C3CC3)C4=O)cn2)c1. The third-order valence-corrected chi connectivity index (χ3v) is 6.54. The molecule has 3 heterocycles. The number of aromatic nitrogens is 2. The molecule has 5 rings (SSSR count). The van der Waals surface area contributed by atoms with Gasteiger partial charge >= 0.3 is 0 Å². The molecule has 2 aromatic rings. The number of carbonyl (C=O) groups is 1. The van der Waals surface area contributed by atoms with Crippen LogP contribution in [0.4, 0.5) is 0 Å². The molecule has 0 bridgehead atoms. The first-order chi connectivity index (χ1) is 13.2. The summed E-state index contributed by atoms with van der Waals surface area (Å²) < 4.78 is 1.95. The predicted octanol–water partition coefficient (Wildman–Crippen LogP) is 3.30. The smallest absolute Gasteiger partial charge is 0.243 e. The molecule has 2 saturated heterocycles. The number of benzene rings is 1. The van der Waals surface area contributed by atoms with Crippen LogP contribution in [0.1, 0.15) is 49.7 Å². The van der Waals surface area contributed by atoms with Gasteiger partial charge in [-0.3, -0.25) is 9.69 Å². The molecule has 1 aromatic carbocycles. The second-order valence-corrected chi connectivity index (χ2v) is 8.52. The van der Waals surface area contributed by atoms with Gasteiger partial charge in [-0.2, -0.15) is 5.10 Å². The fourth-order valence-corrected chi connectivity index (χ4v) is 5.02. The van der Waals surface area contributed by atoms with E-state index in [4.69, 9.17) is 0 Å². The lowest BCUT2D eigenvalue weighted by atomic mass is 9.85. The van der Waals surface area contributed by atoms with Crippen LogP contribution in [0.3, 0.4) is 0 Å². The number of nitrogens with zero attached hydrogens (tertiary/aromatic N) is 4. The molecule has 1 amide bonds. The first kappa shape index (κ1) is 17.0.